The van der Waals surface area contributed by atoms with Gasteiger partial charge in [-0.1, -0.05) is 0 Å². The Kier molecular flexibility index (Phi) is 4.74. The van der Waals surface area contributed by atoms with Crippen LogP contribution in [0.3, 0.4) is 0 Å². The van der Waals surface area contributed by atoms with Gasteiger partial charge in [0.2, 0.25) is 11.9 Å². The van der Waals surface area contributed by atoms with E-state index < -0.39 is 5.91 Å². The highest BCUT2D eigenvalue weighted by Gasteiger charge is 2.30. The topological polar surface area (TPSA) is 126 Å². The maximum atomic E-state index is 11.7. The maximum absolute atomic E-state index is 11.7. The van der Waals surface area contributed by atoms with Gasteiger partial charge in [0.25, 0.3) is 5.91 Å². The highest BCUT2D eigenvalue weighted by atomic mass is 16.2. The van der Waals surface area contributed by atoms with E-state index in [1.807, 2.05) is 6.92 Å². The number of nitrogens with two attached hydrogens (primary N) is 1. The van der Waals surface area contributed by atoms with Gasteiger partial charge in [0.15, 0.2) is 11.5 Å². The smallest absolute Gasteiger partial charge is 0.273 e. The summed E-state index contributed by atoms with van der Waals surface area (Å²) in [5, 5.41) is 13.4. The molecule has 1 aliphatic carbocycles. The summed E-state index contributed by atoms with van der Waals surface area (Å²) >= 11 is 0. The zero-order chi connectivity index (χ0) is 16.3. The van der Waals surface area contributed by atoms with Crippen LogP contribution in [0.2, 0.25) is 0 Å². The molecule has 0 bridgehead atoms. The Balaban J connectivity index is 2.00. The second-order valence-corrected chi connectivity index (χ2v) is 5.49. The lowest BCUT2D eigenvalue weighted by Gasteiger charge is -2.22. The van der Waals surface area contributed by atoms with Crippen LogP contribution < -0.4 is 21.3 Å². The second-order valence-electron chi connectivity index (χ2n) is 5.49. The molecule has 0 aliphatic heterocycles. The van der Waals surface area contributed by atoms with Gasteiger partial charge in [-0.15, -0.1) is 10.2 Å². The van der Waals surface area contributed by atoms with E-state index >= 15 is 0 Å². The zero-order valence-corrected chi connectivity index (χ0v) is 13.0. The lowest BCUT2D eigenvalue weighted by atomic mass is 10.3. The van der Waals surface area contributed by atoms with Gasteiger partial charge in [0.1, 0.15) is 0 Å². The number of nitrogens with zero attached hydrogens (tertiary/aromatic N) is 4. The maximum Gasteiger partial charge on any atom is 0.273 e. The molecule has 1 aromatic rings. The fraction of sp³-hybridized carbons (Fsp3) is 0.615. The van der Waals surface area contributed by atoms with Crippen LogP contribution in [0.4, 0.5) is 11.8 Å². The van der Waals surface area contributed by atoms with Gasteiger partial charge in [-0.25, -0.2) is 0 Å². The first-order chi connectivity index (χ1) is 10.4. The monoisotopic (exact) mass is 307 g/mol. The van der Waals surface area contributed by atoms with E-state index in [1.54, 1.807) is 19.0 Å². The molecule has 0 aromatic carbocycles. The van der Waals surface area contributed by atoms with Gasteiger partial charge in [-0.2, -0.15) is 4.98 Å². The molecule has 0 spiro atoms. The normalized spacial score (nSPS) is 15.0. The van der Waals surface area contributed by atoms with Crippen molar-refractivity contribution >= 4 is 23.6 Å². The van der Waals surface area contributed by atoms with Gasteiger partial charge in [-0.3, -0.25) is 9.59 Å². The number of nitrogens with one attached hydrogen (secondary N) is 2. The molecule has 1 atom stereocenters. The predicted molar refractivity (Wildman–Crippen MR) is 81.5 cm³/mol. The summed E-state index contributed by atoms with van der Waals surface area (Å²) in [5.41, 5.74) is 5.20. The fourth-order valence-corrected chi connectivity index (χ4v) is 2.06. The molecule has 2 rings (SSSR count). The van der Waals surface area contributed by atoms with Crippen LogP contribution in [-0.4, -0.2) is 53.7 Å². The molecular weight excluding hydrogens is 286 g/mol. The third-order valence-electron chi connectivity index (χ3n) is 3.37. The molecule has 0 saturated heterocycles. The number of rotatable bonds is 7. The molecule has 1 fully saturated rings. The van der Waals surface area contributed by atoms with E-state index in [1.165, 1.54) is 0 Å². The molecule has 9 heteroatoms. The Morgan fingerprint density at radius 1 is 1.41 bits per heavy atom. The van der Waals surface area contributed by atoms with Gasteiger partial charge < -0.3 is 21.3 Å². The zero-order valence-electron chi connectivity index (χ0n) is 13.0. The Labute approximate surface area is 128 Å². The van der Waals surface area contributed by atoms with Crippen LogP contribution in [0.25, 0.3) is 0 Å². The van der Waals surface area contributed by atoms with Crippen molar-refractivity contribution in [1.29, 1.82) is 0 Å². The van der Waals surface area contributed by atoms with Gasteiger partial charge >= 0.3 is 0 Å². The van der Waals surface area contributed by atoms with Crippen molar-refractivity contribution in [2.24, 2.45) is 11.7 Å². The Morgan fingerprint density at radius 3 is 2.64 bits per heavy atom. The molecule has 1 heterocycles. The average molecular weight is 307 g/mol. The molecule has 4 N–H and O–H groups in total. The Morgan fingerprint density at radius 2 is 2.09 bits per heavy atom. The van der Waals surface area contributed by atoms with Crippen LogP contribution in [-0.2, 0) is 4.79 Å². The first kappa shape index (κ1) is 15.9. The molecule has 9 nitrogen and oxygen atoms in total. The minimum absolute atomic E-state index is 0.00488. The molecule has 1 unspecified atom stereocenters. The number of hydrogen-bond donors (Lipinski definition) is 3. The second kappa shape index (κ2) is 6.54. The number of hydrogen-bond acceptors (Lipinski definition) is 7. The van der Waals surface area contributed by atoms with Crippen LogP contribution in [0.1, 0.15) is 30.3 Å². The lowest BCUT2D eigenvalue weighted by Crippen LogP contribution is -2.42. The van der Waals surface area contributed by atoms with Crippen molar-refractivity contribution in [2.75, 3.05) is 30.9 Å². The SMILES string of the molecule is CNc1nc(N(C)CC(C)NC(=O)C2CC2)nnc1C(N)=O. The van der Waals surface area contributed by atoms with E-state index in [2.05, 4.69) is 25.8 Å². The van der Waals surface area contributed by atoms with Gasteiger partial charge in [0.05, 0.1) is 0 Å². The average Bonchev–Trinajstić information content (AvgIpc) is 3.30. The van der Waals surface area contributed by atoms with Crippen LogP contribution in [0, 0.1) is 5.92 Å². The molecule has 1 saturated carbocycles. The summed E-state index contributed by atoms with van der Waals surface area (Å²) < 4.78 is 0. The lowest BCUT2D eigenvalue weighted by molar-refractivity contribution is -0.122. The summed E-state index contributed by atoms with van der Waals surface area (Å²) in [7, 11) is 3.42. The fourth-order valence-electron chi connectivity index (χ4n) is 2.06. The number of carbonyl (C=O) groups is 2. The van der Waals surface area contributed by atoms with Crippen molar-refractivity contribution in [1.82, 2.24) is 20.5 Å². The molecule has 0 radical (unpaired) electrons. The summed E-state index contributed by atoms with van der Waals surface area (Å²) in [5.74, 6) is 0.209. The molecule has 120 valence electrons. The Bertz CT molecular complexity index is 574. The highest BCUT2D eigenvalue weighted by Crippen LogP contribution is 2.28. The van der Waals surface area contributed by atoms with Crippen molar-refractivity contribution < 1.29 is 9.59 Å². The van der Waals surface area contributed by atoms with Crippen molar-refractivity contribution in [3.8, 4) is 0 Å². The van der Waals surface area contributed by atoms with Crippen molar-refractivity contribution in [2.45, 2.75) is 25.8 Å². The number of likely N-dealkylation sites (N-methyl/N-ethyl adjacent to an activating group) is 1. The van der Waals surface area contributed by atoms with Gasteiger partial charge in [-0.05, 0) is 19.8 Å². The van der Waals surface area contributed by atoms with Crippen LogP contribution in [0.5, 0.6) is 0 Å². The van der Waals surface area contributed by atoms with Gasteiger partial charge in [0, 0.05) is 32.6 Å². The summed E-state index contributed by atoms with van der Waals surface area (Å²) in [6.07, 6.45) is 1.95. The minimum Gasteiger partial charge on any atom is -0.371 e. The molecule has 2 amide bonds. The molecule has 1 aromatic heterocycles. The van der Waals surface area contributed by atoms with E-state index in [9.17, 15) is 9.59 Å². The number of anilines is 2. The van der Waals surface area contributed by atoms with E-state index in [0.717, 1.165) is 12.8 Å². The number of primary amides is 1. The summed E-state index contributed by atoms with van der Waals surface area (Å²) in [4.78, 5) is 28.9. The van der Waals surface area contributed by atoms with Crippen LogP contribution >= 0.6 is 0 Å². The standard InChI is InChI=1S/C13H21N7O2/c1-7(16-12(22)8-4-5-8)6-20(3)13-17-11(15-2)9(10(14)21)18-19-13/h7-8H,4-6H2,1-3H3,(H2,14,21)(H,16,22)(H,15,17,19). The molecule has 1 aliphatic rings. The van der Waals surface area contributed by atoms with E-state index in [0.29, 0.717) is 12.5 Å². The number of aromatic nitrogens is 3. The quantitative estimate of drug-likeness (QED) is 0.611. The first-order valence-corrected chi connectivity index (χ1v) is 7.16. The molecule has 22 heavy (non-hydrogen) atoms. The van der Waals surface area contributed by atoms with Crippen molar-refractivity contribution in [3.63, 3.8) is 0 Å². The number of carbonyl (C=O) groups excluding carboxylic acids is 2. The minimum atomic E-state index is -0.691. The van der Waals surface area contributed by atoms with E-state index in [-0.39, 0.29) is 29.4 Å². The largest absolute Gasteiger partial charge is 0.371 e. The third kappa shape index (κ3) is 3.80. The van der Waals surface area contributed by atoms with Crippen LogP contribution in [0.15, 0.2) is 0 Å². The summed E-state index contributed by atoms with van der Waals surface area (Å²) in [6, 6.07) is -0.0458. The Hall–Kier alpha value is -2.45. The van der Waals surface area contributed by atoms with E-state index in [4.69, 9.17) is 5.73 Å². The molecular formula is C13H21N7O2. The van der Waals surface area contributed by atoms with Crippen molar-refractivity contribution in [3.05, 3.63) is 5.69 Å². The summed E-state index contributed by atoms with van der Waals surface area (Å²) in [6.45, 7) is 2.44. The third-order valence-corrected chi connectivity index (χ3v) is 3.37. The highest BCUT2D eigenvalue weighted by molar-refractivity contribution is 5.95. The first-order valence-electron chi connectivity index (χ1n) is 7.16. The predicted octanol–water partition coefficient (Wildman–Crippen LogP) is -0.637. The number of amides is 2.